The molecule has 1 fully saturated rings. The number of hydrogen-bond acceptors (Lipinski definition) is 1. The summed E-state index contributed by atoms with van der Waals surface area (Å²) in [7, 11) is 0. The van der Waals surface area contributed by atoms with Crippen LogP contribution < -0.4 is 10.6 Å². The Balaban J connectivity index is 1.57. The third-order valence-electron chi connectivity index (χ3n) is 4.93. The minimum absolute atomic E-state index is 0.0320. The zero-order valence-corrected chi connectivity index (χ0v) is 14.8. The van der Waals surface area contributed by atoms with Crippen LogP contribution >= 0.6 is 0 Å². The van der Waals surface area contributed by atoms with E-state index in [1.165, 1.54) is 24.3 Å². The molecule has 0 unspecified atom stereocenters. The third kappa shape index (κ3) is 5.04. The van der Waals surface area contributed by atoms with Crippen LogP contribution in [0.5, 0.6) is 0 Å². The van der Waals surface area contributed by atoms with Crippen molar-refractivity contribution in [3.05, 3.63) is 71.3 Å². The van der Waals surface area contributed by atoms with Gasteiger partial charge in [0.25, 0.3) is 0 Å². The van der Waals surface area contributed by atoms with Crippen LogP contribution in [0, 0.1) is 17.6 Å². The fourth-order valence-corrected chi connectivity index (χ4v) is 3.17. The predicted octanol–water partition coefficient (Wildman–Crippen LogP) is 4.58. The van der Waals surface area contributed by atoms with Crippen molar-refractivity contribution in [2.45, 2.75) is 38.1 Å². The quantitative estimate of drug-likeness (QED) is 0.699. The molecule has 2 amide bonds. The number of carbonyl (C=O) groups excluding carboxylic acids is 1. The Kier molecular flexibility index (Phi) is 5.86. The van der Waals surface area contributed by atoms with Crippen molar-refractivity contribution in [2.24, 2.45) is 5.92 Å². The number of rotatable bonds is 7. The lowest BCUT2D eigenvalue weighted by atomic mass is 9.87. The molecule has 1 aliphatic carbocycles. The normalized spacial score (nSPS) is 18.6. The molecule has 1 aliphatic rings. The van der Waals surface area contributed by atoms with E-state index in [4.69, 9.17) is 0 Å². The zero-order chi connectivity index (χ0) is 18.5. The molecule has 0 saturated heterocycles. The summed E-state index contributed by atoms with van der Waals surface area (Å²) in [5.41, 5.74) is 1.96. The Morgan fingerprint density at radius 1 is 1.04 bits per heavy atom. The van der Waals surface area contributed by atoms with Crippen molar-refractivity contribution >= 4 is 6.03 Å². The fourth-order valence-electron chi connectivity index (χ4n) is 3.17. The first kappa shape index (κ1) is 18.4. The molecule has 3 nitrogen and oxygen atoms in total. The molecule has 2 aromatic carbocycles. The molecule has 0 aromatic heterocycles. The van der Waals surface area contributed by atoms with Gasteiger partial charge in [-0.25, -0.2) is 13.6 Å². The van der Waals surface area contributed by atoms with E-state index >= 15 is 0 Å². The molecule has 5 heteroatoms. The maximum Gasteiger partial charge on any atom is 0.315 e. The average Bonchev–Trinajstić information content (AvgIpc) is 3.31. The van der Waals surface area contributed by atoms with Crippen molar-refractivity contribution in [3.63, 3.8) is 0 Å². The van der Waals surface area contributed by atoms with Crippen LogP contribution in [0.1, 0.15) is 43.2 Å². The van der Waals surface area contributed by atoms with Gasteiger partial charge in [-0.3, -0.25) is 0 Å². The number of hydrogen-bond donors (Lipinski definition) is 2. The van der Waals surface area contributed by atoms with E-state index in [2.05, 4.69) is 17.6 Å². The van der Waals surface area contributed by atoms with Gasteiger partial charge in [0.2, 0.25) is 0 Å². The highest BCUT2D eigenvalue weighted by Gasteiger charge is 2.33. The molecular formula is C21H24F2N2O. The lowest BCUT2D eigenvalue weighted by Crippen LogP contribution is -2.37. The summed E-state index contributed by atoms with van der Waals surface area (Å²) >= 11 is 0. The highest BCUT2D eigenvalue weighted by atomic mass is 19.1. The molecule has 0 radical (unpaired) electrons. The van der Waals surface area contributed by atoms with Crippen LogP contribution in [0.2, 0.25) is 0 Å². The van der Waals surface area contributed by atoms with Gasteiger partial charge in [0.05, 0.1) is 0 Å². The molecule has 0 spiro atoms. The van der Waals surface area contributed by atoms with Gasteiger partial charge < -0.3 is 10.6 Å². The van der Waals surface area contributed by atoms with Crippen LogP contribution in [0.25, 0.3) is 0 Å². The van der Waals surface area contributed by atoms with E-state index in [0.717, 1.165) is 30.4 Å². The number of carbonyl (C=O) groups is 1. The fraction of sp³-hybridized carbons (Fsp3) is 0.381. The summed E-state index contributed by atoms with van der Waals surface area (Å²) < 4.78 is 26.5. The summed E-state index contributed by atoms with van der Waals surface area (Å²) in [5, 5.41) is 5.82. The second-order valence-electron chi connectivity index (χ2n) is 7.02. The highest BCUT2D eigenvalue weighted by molar-refractivity contribution is 5.74. The summed E-state index contributed by atoms with van der Waals surface area (Å²) in [6, 6.07) is 13.0. The molecule has 2 aromatic rings. The van der Waals surface area contributed by atoms with Crippen LogP contribution in [0.3, 0.4) is 0 Å². The largest absolute Gasteiger partial charge is 0.338 e. The number of benzene rings is 2. The first-order chi connectivity index (χ1) is 12.5. The average molecular weight is 358 g/mol. The lowest BCUT2D eigenvalue weighted by Gasteiger charge is -2.18. The van der Waals surface area contributed by atoms with Crippen LogP contribution in [-0.4, -0.2) is 18.6 Å². The van der Waals surface area contributed by atoms with E-state index in [-0.39, 0.29) is 23.6 Å². The first-order valence-corrected chi connectivity index (χ1v) is 9.08. The van der Waals surface area contributed by atoms with Crippen molar-refractivity contribution < 1.29 is 13.6 Å². The van der Waals surface area contributed by atoms with Crippen LogP contribution in [0.15, 0.2) is 48.5 Å². The Morgan fingerprint density at radius 3 is 2.00 bits per heavy atom. The van der Waals surface area contributed by atoms with Gasteiger partial charge in [-0.2, -0.15) is 0 Å². The van der Waals surface area contributed by atoms with Gasteiger partial charge in [-0.05, 0) is 60.6 Å². The first-order valence-electron chi connectivity index (χ1n) is 9.08. The molecule has 26 heavy (non-hydrogen) atoms. The summed E-state index contributed by atoms with van der Waals surface area (Å²) in [6.45, 7) is 2.67. The molecule has 3 rings (SSSR count). The molecule has 0 heterocycles. The maximum absolute atomic E-state index is 13.2. The molecular weight excluding hydrogens is 334 g/mol. The van der Waals surface area contributed by atoms with Crippen LogP contribution in [-0.2, 0) is 0 Å². The van der Waals surface area contributed by atoms with Crippen molar-refractivity contribution in [3.8, 4) is 0 Å². The van der Waals surface area contributed by atoms with Gasteiger partial charge in [0.1, 0.15) is 11.6 Å². The van der Waals surface area contributed by atoms with Gasteiger partial charge >= 0.3 is 6.03 Å². The zero-order valence-electron chi connectivity index (χ0n) is 14.8. The van der Waals surface area contributed by atoms with E-state index < -0.39 is 0 Å². The SMILES string of the molecule is C[C@H]1C[C@H]1NC(=O)NCCCC(c1ccc(F)cc1)c1ccc(F)cc1. The Bertz CT molecular complexity index is 685. The third-order valence-corrected chi connectivity index (χ3v) is 4.93. The highest BCUT2D eigenvalue weighted by Crippen LogP contribution is 2.30. The van der Waals surface area contributed by atoms with Gasteiger partial charge in [0.15, 0.2) is 0 Å². The van der Waals surface area contributed by atoms with Crippen molar-refractivity contribution in [1.82, 2.24) is 10.6 Å². The molecule has 0 bridgehead atoms. The smallest absolute Gasteiger partial charge is 0.315 e. The van der Waals surface area contributed by atoms with E-state index in [0.29, 0.717) is 18.5 Å². The number of halogens is 2. The van der Waals surface area contributed by atoms with Gasteiger partial charge in [0, 0.05) is 18.5 Å². The van der Waals surface area contributed by atoms with Crippen molar-refractivity contribution in [2.75, 3.05) is 6.54 Å². The molecule has 1 saturated carbocycles. The summed E-state index contributed by atoms with van der Waals surface area (Å²) in [4.78, 5) is 11.8. The molecule has 138 valence electrons. The lowest BCUT2D eigenvalue weighted by molar-refractivity contribution is 0.240. The second-order valence-corrected chi connectivity index (χ2v) is 7.02. The summed E-state index contributed by atoms with van der Waals surface area (Å²) in [6.07, 6.45) is 2.59. The predicted molar refractivity (Wildman–Crippen MR) is 98.0 cm³/mol. The van der Waals surface area contributed by atoms with E-state index in [1.54, 1.807) is 24.3 Å². The maximum atomic E-state index is 13.2. The van der Waals surface area contributed by atoms with Gasteiger partial charge in [-0.15, -0.1) is 0 Å². The minimum Gasteiger partial charge on any atom is -0.338 e. The topological polar surface area (TPSA) is 41.1 Å². The Labute approximate surface area is 152 Å². The monoisotopic (exact) mass is 358 g/mol. The Hall–Kier alpha value is -2.43. The number of amides is 2. The van der Waals surface area contributed by atoms with E-state index in [9.17, 15) is 13.6 Å². The van der Waals surface area contributed by atoms with Gasteiger partial charge in [-0.1, -0.05) is 31.2 Å². The van der Waals surface area contributed by atoms with Crippen molar-refractivity contribution in [1.29, 1.82) is 0 Å². The molecule has 0 aliphatic heterocycles. The Morgan fingerprint density at radius 2 is 1.54 bits per heavy atom. The second kappa shape index (κ2) is 8.30. The standard InChI is InChI=1S/C21H24F2N2O/c1-14-13-20(14)25-21(26)24-12-2-3-19(15-4-8-17(22)9-5-15)16-6-10-18(23)11-7-16/h4-11,14,19-20H,2-3,12-13H2,1H3,(H2,24,25,26)/t14-,20+/m0/s1. The van der Waals surface area contributed by atoms with E-state index in [1.807, 2.05) is 0 Å². The summed E-state index contributed by atoms with van der Waals surface area (Å²) in [5.74, 6) is 0.0464. The minimum atomic E-state index is -0.278. The van der Waals surface area contributed by atoms with Crippen LogP contribution in [0.4, 0.5) is 13.6 Å². The molecule has 2 N–H and O–H groups in total. The number of nitrogens with one attached hydrogen (secondary N) is 2. The molecule has 2 atom stereocenters. The number of urea groups is 1.